The molecule has 0 bridgehead atoms. The molecule has 0 aromatic carbocycles. The topological polar surface area (TPSA) is 61.1 Å². The highest BCUT2D eigenvalue weighted by Gasteiger charge is 1.82. The van der Waals surface area contributed by atoms with Crippen molar-refractivity contribution in [3.63, 3.8) is 0 Å². The Morgan fingerprint density at radius 1 is 1.62 bits per heavy atom. The van der Waals surface area contributed by atoms with Gasteiger partial charge in [0.25, 0.3) is 0 Å². The van der Waals surface area contributed by atoms with Crippen molar-refractivity contribution in [3.8, 4) is 17.9 Å². The van der Waals surface area contributed by atoms with Crippen LogP contribution in [0.4, 0.5) is 0 Å². The lowest BCUT2D eigenvalue weighted by atomic mass is 10.3. The second-order valence-electron chi connectivity index (χ2n) is 1.99. The molecule has 13 heavy (non-hydrogen) atoms. The molecule has 0 aliphatic rings. The summed E-state index contributed by atoms with van der Waals surface area (Å²) >= 11 is 1.42. The fraction of sp³-hybridized carbons (Fsp3) is 0.333. The predicted molar refractivity (Wildman–Crippen MR) is 51.9 cm³/mol. The van der Waals surface area contributed by atoms with Crippen LogP contribution in [0, 0.1) is 23.2 Å². The summed E-state index contributed by atoms with van der Waals surface area (Å²) in [4.78, 5) is 9.94. The molecule has 0 saturated heterocycles. The molecule has 0 spiro atoms. The quantitative estimate of drug-likeness (QED) is 0.547. The minimum Gasteiger partial charge on any atom is -0.472 e. The van der Waals surface area contributed by atoms with Crippen molar-refractivity contribution < 1.29 is 9.90 Å². The molecule has 1 N–H and O–H groups in total. The molecule has 68 valence electrons. The second kappa shape index (κ2) is 8.70. The molecule has 0 saturated carbocycles. The number of hydrogen-bond acceptors (Lipinski definition) is 3. The number of thioether (sulfide) groups is 1. The van der Waals surface area contributed by atoms with Gasteiger partial charge in [-0.15, -0.1) is 11.8 Å². The minimum atomic E-state index is -1.10. The Morgan fingerprint density at radius 3 is 3.00 bits per heavy atom. The molecule has 0 amide bonds. The van der Waals surface area contributed by atoms with Crippen LogP contribution in [0.5, 0.6) is 0 Å². The standard InChI is InChI=1S/C9H9NO2S/c10-6-2-1-3-7-13-8-4-5-9(11)12/h3,7H,1-2,8H2,(H,11,12). The first kappa shape index (κ1) is 11.6. The van der Waals surface area contributed by atoms with E-state index < -0.39 is 5.97 Å². The van der Waals surface area contributed by atoms with E-state index in [2.05, 4.69) is 5.92 Å². The zero-order valence-corrected chi connectivity index (χ0v) is 7.80. The van der Waals surface area contributed by atoms with Crippen molar-refractivity contribution in [1.29, 1.82) is 5.26 Å². The van der Waals surface area contributed by atoms with Crippen molar-refractivity contribution in [2.24, 2.45) is 0 Å². The molecular formula is C9H9NO2S. The van der Waals surface area contributed by atoms with Gasteiger partial charge in [-0.25, -0.2) is 4.79 Å². The summed E-state index contributed by atoms with van der Waals surface area (Å²) in [5.74, 6) is 3.84. The number of unbranched alkanes of at least 4 members (excludes halogenated alkanes) is 1. The van der Waals surface area contributed by atoms with Gasteiger partial charge < -0.3 is 5.11 Å². The molecule has 0 aliphatic carbocycles. The van der Waals surface area contributed by atoms with Gasteiger partial charge in [-0.3, -0.25) is 0 Å². The van der Waals surface area contributed by atoms with Crippen molar-refractivity contribution in [1.82, 2.24) is 0 Å². The number of nitrogens with zero attached hydrogens (tertiary/aromatic N) is 1. The Kier molecular flexibility index (Phi) is 7.77. The highest BCUT2D eigenvalue weighted by Crippen LogP contribution is 2.01. The Balaban J connectivity index is 3.37. The maximum absolute atomic E-state index is 9.94. The molecule has 0 unspecified atom stereocenters. The lowest BCUT2D eigenvalue weighted by molar-refractivity contribution is -0.130. The lowest BCUT2D eigenvalue weighted by Gasteiger charge is -1.83. The molecule has 0 heterocycles. The fourth-order valence-electron chi connectivity index (χ4n) is 0.485. The first-order valence-corrected chi connectivity index (χ1v) is 4.67. The number of aliphatic carboxylic acids is 1. The normalized spacial score (nSPS) is 8.85. The molecule has 0 rings (SSSR count). The Bertz CT molecular complexity index is 280. The van der Waals surface area contributed by atoms with E-state index in [1.54, 1.807) is 0 Å². The van der Waals surface area contributed by atoms with Crippen molar-refractivity contribution in [2.45, 2.75) is 12.8 Å². The SMILES string of the molecule is N#CCCC=CSCC#CC(=O)O. The molecule has 3 nitrogen and oxygen atoms in total. The maximum Gasteiger partial charge on any atom is 0.381 e. The summed E-state index contributed by atoms with van der Waals surface area (Å²) in [7, 11) is 0. The van der Waals surface area contributed by atoms with Crippen LogP contribution in [0.25, 0.3) is 0 Å². The number of nitriles is 1. The van der Waals surface area contributed by atoms with E-state index in [-0.39, 0.29) is 0 Å². The summed E-state index contributed by atoms with van der Waals surface area (Å²) in [6.07, 6.45) is 3.12. The van der Waals surface area contributed by atoms with Crippen molar-refractivity contribution in [3.05, 3.63) is 11.5 Å². The van der Waals surface area contributed by atoms with Crippen LogP contribution in [0.2, 0.25) is 0 Å². The molecule has 0 aromatic rings. The third-order valence-corrected chi connectivity index (χ3v) is 1.66. The van der Waals surface area contributed by atoms with Gasteiger partial charge in [0, 0.05) is 12.3 Å². The highest BCUT2D eigenvalue weighted by molar-refractivity contribution is 8.02. The van der Waals surface area contributed by atoms with E-state index in [0.29, 0.717) is 12.2 Å². The smallest absolute Gasteiger partial charge is 0.381 e. The fourth-order valence-corrected chi connectivity index (χ4v) is 1.01. The van der Waals surface area contributed by atoms with Crippen molar-refractivity contribution >= 4 is 17.7 Å². The molecule has 0 aliphatic heterocycles. The molecule has 0 fully saturated rings. The van der Waals surface area contributed by atoms with Crippen LogP contribution in [0.15, 0.2) is 11.5 Å². The average molecular weight is 195 g/mol. The third-order valence-electron chi connectivity index (χ3n) is 0.966. The van der Waals surface area contributed by atoms with E-state index in [4.69, 9.17) is 10.4 Å². The summed E-state index contributed by atoms with van der Waals surface area (Å²) in [6, 6.07) is 2.02. The van der Waals surface area contributed by atoms with Gasteiger partial charge >= 0.3 is 5.97 Å². The van der Waals surface area contributed by atoms with Crippen LogP contribution in [-0.2, 0) is 4.79 Å². The van der Waals surface area contributed by atoms with Crippen molar-refractivity contribution in [2.75, 3.05) is 5.75 Å². The van der Waals surface area contributed by atoms with E-state index in [9.17, 15) is 4.79 Å². The molecular weight excluding hydrogens is 186 g/mol. The lowest BCUT2D eigenvalue weighted by Crippen LogP contribution is -1.86. The number of allylic oxidation sites excluding steroid dienone is 1. The second-order valence-corrected chi connectivity index (χ2v) is 2.88. The first-order chi connectivity index (χ1) is 6.27. The highest BCUT2D eigenvalue weighted by atomic mass is 32.2. The summed E-state index contributed by atoms with van der Waals surface area (Å²) < 4.78 is 0. The third kappa shape index (κ3) is 10.6. The number of hydrogen-bond donors (Lipinski definition) is 1. The maximum atomic E-state index is 9.94. The number of carbonyl (C=O) groups is 1. The van der Waals surface area contributed by atoms with Gasteiger partial charge in [0.2, 0.25) is 0 Å². The summed E-state index contributed by atoms with van der Waals surface area (Å²) in [5, 5.41) is 18.2. The Labute approximate surface area is 81.4 Å². The van der Waals surface area contributed by atoms with Crippen LogP contribution in [0.3, 0.4) is 0 Å². The van der Waals surface area contributed by atoms with Gasteiger partial charge in [0.1, 0.15) is 0 Å². The zero-order valence-electron chi connectivity index (χ0n) is 6.99. The van der Waals surface area contributed by atoms with Crippen LogP contribution in [-0.4, -0.2) is 16.8 Å². The van der Waals surface area contributed by atoms with Crippen LogP contribution < -0.4 is 0 Å². The van der Waals surface area contributed by atoms with Gasteiger partial charge in [0.15, 0.2) is 0 Å². The van der Waals surface area contributed by atoms with Gasteiger partial charge in [-0.1, -0.05) is 12.0 Å². The monoisotopic (exact) mass is 195 g/mol. The molecule has 4 heteroatoms. The van der Waals surface area contributed by atoms with E-state index >= 15 is 0 Å². The van der Waals surface area contributed by atoms with Crippen LogP contribution >= 0.6 is 11.8 Å². The average Bonchev–Trinajstić information content (AvgIpc) is 2.09. The number of carboxylic acids is 1. The summed E-state index contributed by atoms with van der Waals surface area (Å²) in [6.45, 7) is 0. The Hall–Kier alpha value is -1.39. The largest absolute Gasteiger partial charge is 0.472 e. The number of carboxylic acid groups (broad SMARTS) is 1. The van der Waals surface area contributed by atoms with Gasteiger partial charge in [-0.05, 0) is 11.8 Å². The molecule has 0 atom stereocenters. The summed E-state index contributed by atoms with van der Waals surface area (Å²) in [5.41, 5.74) is 0. The van der Waals surface area contributed by atoms with Crippen LogP contribution in [0.1, 0.15) is 12.8 Å². The van der Waals surface area contributed by atoms with Gasteiger partial charge in [0.05, 0.1) is 11.8 Å². The molecule has 0 aromatic heterocycles. The molecule has 0 radical (unpaired) electrons. The predicted octanol–water partition coefficient (Wildman–Crippen LogP) is 1.63. The number of rotatable bonds is 4. The Morgan fingerprint density at radius 2 is 2.38 bits per heavy atom. The minimum absolute atomic E-state index is 0.468. The van der Waals surface area contributed by atoms with E-state index in [1.807, 2.05) is 23.5 Å². The first-order valence-electron chi connectivity index (χ1n) is 3.62. The zero-order chi connectivity index (χ0) is 9.94. The van der Waals surface area contributed by atoms with E-state index in [0.717, 1.165) is 6.42 Å². The van der Waals surface area contributed by atoms with E-state index in [1.165, 1.54) is 11.8 Å². The van der Waals surface area contributed by atoms with Gasteiger partial charge in [-0.2, -0.15) is 5.26 Å².